The van der Waals surface area contributed by atoms with Crippen LogP contribution in [0.5, 0.6) is 0 Å². The Morgan fingerprint density at radius 3 is 2.82 bits per heavy atom. The van der Waals surface area contributed by atoms with Gasteiger partial charge in [0.2, 0.25) is 0 Å². The molecule has 0 amide bonds. The second-order valence-corrected chi connectivity index (χ2v) is 5.28. The van der Waals surface area contributed by atoms with Gasteiger partial charge in [0.15, 0.2) is 0 Å². The quantitative estimate of drug-likeness (QED) is 0.870. The number of hydrogen-bond acceptors (Lipinski definition) is 4. The highest BCUT2D eigenvalue weighted by atomic mass is 16.5. The third-order valence-electron chi connectivity index (χ3n) is 3.45. The van der Waals surface area contributed by atoms with Crippen LogP contribution < -0.4 is 5.73 Å². The summed E-state index contributed by atoms with van der Waals surface area (Å²) in [6.07, 6.45) is 0. The van der Waals surface area contributed by atoms with E-state index in [1.54, 1.807) is 0 Å². The maximum absolute atomic E-state index is 5.59. The van der Waals surface area contributed by atoms with Gasteiger partial charge in [-0.3, -0.25) is 4.90 Å². The Bertz CT molecular complexity index is 385. The molecule has 0 spiro atoms. The largest absolute Gasteiger partial charge is 0.465 e. The van der Waals surface area contributed by atoms with Crippen LogP contribution in [0.25, 0.3) is 0 Å². The molecule has 1 aromatic rings. The van der Waals surface area contributed by atoms with Gasteiger partial charge < -0.3 is 14.9 Å². The molecular formula is C13H22N2O2. The van der Waals surface area contributed by atoms with E-state index in [4.69, 9.17) is 14.9 Å². The highest BCUT2D eigenvalue weighted by molar-refractivity contribution is 5.21. The van der Waals surface area contributed by atoms with Gasteiger partial charge in [-0.15, -0.1) is 0 Å². The normalized spacial score (nSPS) is 20.7. The van der Waals surface area contributed by atoms with Crippen molar-refractivity contribution >= 4 is 0 Å². The minimum atomic E-state index is 0.0881. The van der Waals surface area contributed by atoms with Crippen LogP contribution in [0.4, 0.5) is 0 Å². The number of furan rings is 1. The highest BCUT2D eigenvalue weighted by Crippen LogP contribution is 2.24. The summed E-state index contributed by atoms with van der Waals surface area (Å²) < 4.78 is 11.1. The van der Waals surface area contributed by atoms with E-state index in [1.807, 2.05) is 6.92 Å². The molecule has 0 saturated carbocycles. The molecule has 1 aromatic heterocycles. The molecule has 4 nitrogen and oxygen atoms in total. The first-order valence-electron chi connectivity index (χ1n) is 6.14. The molecule has 0 bridgehead atoms. The van der Waals surface area contributed by atoms with Crippen molar-refractivity contribution in [1.29, 1.82) is 0 Å². The Kier molecular flexibility index (Phi) is 3.56. The summed E-state index contributed by atoms with van der Waals surface area (Å²) >= 11 is 0. The van der Waals surface area contributed by atoms with Crippen LogP contribution in [0.2, 0.25) is 0 Å². The van der Waals surface area contributed by atoms with Crippen molar-refractivity contribution in [2.45, 2.75) is 39.4 Å². The number of nitrogens with two attached hydrogens (primary N) is 1. The molecule has 1 saturated heterocycles. The van der Waals surface area contributed by atoms with Gasteiger partial charge in [-0.2, -0.15) is 0 Å². The third-order valence-corrected chi connectivity index (χ3v) is 3.45. The van der Waals surface area contributed by atoms with E-state index >= 15 is 0 Å². The van der Waals surface area contributed by atoms with Crippen LogP contribution >= 0.6 is 0 Å². The summed E-state index contributed by atoms with van der Waals surface area (Å²) in [6, 6.07) is 2.07. The molecule has 17 heavy (non-hydrogen) atoms. The summed E-state index contributed by atoms with van der Waals surface area (Å²) in [5.74, 6) is 1.84. The lowest BCUT2D eigenvalue weighted by atomic mass is 10.0. The molecule has 4 heteroatoms. The molecule has 96 valence electrons. The Morgan fingerprint density at radius 2 is 2.24 bits per heavy atom. The van der Waals surface area contributed by atoms with Gasteiger partial charge in [0.25, 0.3) is 0 Å². The molecule has 2 rings (SSSR count). The van der Waals surface area contributed by atoms with Gasteiger partial charge in [0.1, 0.15) is 11.5 Å². The lowest BCUT2D eigenvalue weighted by Gasteiger charge is -2.42. The zero-order valence-electron chi connectivity index (χ0n) is 11.0. The summed E-state index contributed by atoms with van der Waals surface area (Å²) in [7, 11) is 0. The van der Waals surface area contributed by atoms with E-state index in [0.29, 0.717) is 6.54 Å². The van der Waals surface area contributed by atoms with E-state index in [9.17, 15) is 0 Å². The van der Waals surface area contributed by atoms with Crippen molar-refractivity contribution in [2.75, 3.05) is 19.8 Å². The average Bonchev–Trinajstić information content (AvgIpc) is 2.63. The van der Waals surface area contributed by atoms with Gasteiger partial charge in [0.05, 0.1) is 19.8 Å². The molecule has 1 aliphatic rings. The Balaban J connectivity index is 2.11. The minimum absolute atomic E-state index is 0.0881. The fourth-order valence-corrected chi connectivity index (χ4v) is 2.23. The van der Waals surface area contributed by atoms with Gasteiger partial charge in [-0.1, -0.05) is 0 Å². The van der Waals surface area contributed by atoms with Crippen LogP contribution in [0.1, 0.15) is 30.9 Å². The van der Waals surface area contributed by atoms with Crippen molar-refractivity contribution in [2.24, 2.45) is 5.73 Å². The van der Waals surface area contributed by atoms with Crippen LogP contribution in [-0.2, 0) is 17.8 Å². The molecule has 0 aromatic carbocycles. The summed E-state index contributed by atoms with van der Waals surface area (Å²) in [6.45, 7) is 10.4. The van der Waals surface area contributed by atoms with E-state index in [2.05, 4.69) is 24.8 Å². The second kappa shape index (κ2) is 4.80. The van der Waals surface area contributed by atoms with E-state index in [0.717, 1.165) is 37.8 Å². The number of morpholine rings is 1. The van der Waals surface area contributed by atoms with Gasteiger partial charge in [-0.25, -0.2) is 0 Å². The van der Waals surface area contributed by atoms with Gasteiger partial charge in [-0.05, 0) is 26.8 Å². The predicted molar refractivity (Wildman–Crippen MR) is 66.6 cm³/mol. The summed E-state index contributed by atoms with van der Waals surface area (Å²) in [4.78, 5) is 2.44. The predicted octanol–water partition coefficient (Wildman–Crippen LogP) is 1.66. The van der Waals surface area contributed by atoms with Gasteiger partial charge in [0, 0.05) is 24.2 Å². The molecule has 2 N–H and O–H groups in total. The Labute approximate surface area is 103 Å². The smallest absolute Gasteiger partial charge is 0.118 e. The van der Waals surface area contributed by atoms with E-state index in [-0.39, 0.29) is 5.54 Å². The monoisotopic (exact) mass is 238 g/mol. The first-order valence-corrected chi connectivity index (χ1v) is 6.14. The molecule has 1 aliphatic heterocycles. The fraction of sp³-hybridized carbons (Fsp3) is 0.692. The molecular weight excluding hydrogens is 216 g/mol. The summed E-state index contributed by atoms with van der Waals surface area (Å²) in [5.41, 5.74) is 6.92. The first kappa shape index (κ1) is 12.6. The number of ether oxygens (including phenoxy) is 1. The number of hydrogen-bond donors (Lipinski definition) is 1. The Hall–Kier alpha value is -0.840. The van der Waals surface area contributed by atoms with E-state index in [1.165, 1.54) is 5.56 Å². The number of nitrogens with zero attached hydrogens (tertiary/aromatic N) is 1. The maximum Gasteiger partial charge on any atom is 0.118 e. The van der Waals surface area contributed by atoms with Crippen LogP contribution in [-0.4, -0.2) is 30.2 Å². The van der Waals surface area contributed by atoms with Crippen molar-refractivity contribution in [3.63, 3.8) is 0 Å². The number of aryl methyl sites for hydroxylation is 1. The molecule has 2 heterocycles. The zero-order valence-corrected chi connectivity index (χ0v) is 11.0. The Morgan fingerprint density at radius 1 is 1.47 bits per heavy atom. The summed E-state index contributed by atoms with van der Waals surface area (Å²) in [5, 5.41) is 0. The number of rotatable bonds is 3. The molecule has 0 atom stereocenters. The highest BCUT2D eigenvalue weighted by Gasteiger charge is 2.30. The fourth-order valence-electron chi connectivity index (χ4n) is 2.23. The SMILES string of the molecule is Cc1oc(CN)cc1CN1CCOCC1(C)C. The van der Waals surface area contributed by atoms with Crippen molar-refractivity contribution < 1.29 is 9.15 Å². The maximum atomic E-state index is 5.59. The first-order chi connectivity index (χ1) is 8.03. The topological polar surface area (TPSA) is 51.6 Å². The standard InChI is InChI=1S/C13H22N2O2/c1-10-11(6-12(7-14)17-10)8-15-4-5-16-9-13(15,2)3/h6H,4-5,7-9,14H2,1-3H3. The minimum Gasteiger partial charge on any atom is -0.465 e. The molecule has 0 unspecified atom stereocenters. The van der Waals surface area contributed by atoms with Crippen LogP contribution in [0.15, 0.2) is 10.5 Å². The average molecular weight is 238 g/mol. The van der Waals surface area contributed by atoms with E-state index < -0.39 is 0 Å². The van der Waals surface area contributed by atoms with Crippen LogP contribution in [0.3, 0.4) is 0 Å². The second-order valence-electron chi connectivity index (χ2n) is 5.28. The van der Waals surface area contributed by atoms with Gasteiger partial charge >= 0.3 is 0 Å². The van der Waals surface area contributed by atoms with Crippen molar-refractivity contribution in [3.05, 3.63) is 23.2 Å². The molecule has 1 fully saturated rings. The third kappa shape index (κ3) is 2.70. The lowest BCUT2D eigenvalue weighted by molar-refractivity contribution is -0.0554. The van der Waals surface area contributed by atoms with Crippen molar-refractivity contribution in [3.8, 4) is 0 Å². The molecule has 0 aliphatic carbocycles. The lowest BCUT2D eigenvalue weighted by Crippen LogP contribution is -2.52. The van der Waals surface area contributed by atoms with Crippen molar-refractivity contribution in [1.82, 2.24) is 4.90 Å². The van der Waals surface area contributed by atoms with Crippen LogP contribution in [0, 0.1) is 6.92 Å². The molecule has 0 radical (unpaired) electrons. The zero-order chi connectivity index (χ0) is 12.5.